The molecule has 3 aromatic rings. The number of nitrogens with zero attached hydrogens (tertiary/aromatic N) is 4. The van der Waals surface area contributed by atoms with Crippen LogP contribution in [0.2, 0.25) is 0 Å². The minimum absolute atomic E-state index is 0.106. The number of para-hydroxylation sites is 1. The van der Waals surface area contributed by atoms with Crippen molar-refractivity contribution in [3.63, 3.8) is 0 Å². The SMILES string of the molecule is COc1c[nH]c(C(=O)NCc2nnnn2-c2ccccc2)cc1=O. The minimum atomic E-state index is -0.447. The molecule has 1 amide bonds. The Morgan fingerprint density at radius 1 is 1.33 bits per heavy atom. The fourth-order valence-electron chi connectivity index (χ4n) is 2.09. The summed E-state index contributed by atoms with van der Waals surface area (Å²) >= 11 is 0. The lowest BCUT2D eigenvalue weighted by Gasteiger charge is -2.07. The molecule has 2 aromatic heterocycles. The summed E-state index contributed by atoms with van der Waals surface area (Å²) in [6.45, 7) is 0.106. The fraction of sp³-hybridized carbons (Fsp3) is 0.133. The third-order valence-electron chi connectivity index (χ3n) is 3.28. The first kappa shape index (κ1) is 15.4. The summed E-state index contributed by atoms with van der Waals surface area (Å²) in [4.78, 5) is 26.5. The molecule has 0 saturated heterocycles. The van der Waals surface area contributed by atoms with Gasteiger partial charge in [-0.2, -0.15) is 4.68 Å². The van der Waals surface area contributed by atoms with E-state index in [-0.39, 0.29) is 23.4 Å². The van der Waals surface area contributed by atoms with E-state index in [1.807, 2.05) is 30.3 Å². The predicted molar refractivity (Wildman–Crippen MR) is 83.9 cm³/mol. The first-order chi connectivity index (χ1) is 11.7. The van der Waals surface area contributed by atoms with Crippen molar-refractivity contribution in [2.45, 2.75) is 6.54 Å². The molecule has 2 N–H and O–H groups in total. The molecule has 9 nitrogen and oxygen atoms in total. The van der Waals surface area contributed by atoms with Crippen molar-refractivity contribution in [1.82, 2.24) is 30.5 Å². The Balaban J connectivity index is 1.73. The fourth-order valence-corrected chi connectivity index (χ4v) is 2.09. The number of amides is 1. The number of H-pyrrole nitrogens is 1. The van der Waals surface area contributed by atoms with E-state index < -0.39 is 5.91 Å². The van der Waals surface area contributed by atoms with Crippen molar-refractivity contribution in [3.8, 4) is 11.4 Å². The maximum absolute atomic E-state index is 12.1. The lowest BCUT2D eigenvalue weighted by Crippen LogP contribution is -2.26. The molecule has 0 atom stereocenters. The summed E-state index contributed by atoms with van der Waals surface area (Å²) in [6, 6.07) is 10.5. The number of benzene rings is 1. The van der Waals surface area contributed by atoms with E-state index in [0.29, 0.717) is 5.82 Å². The zero-order chi connectivity index (χ0) is 16.9. The molecular weight excluding hydrogens is 312 g/mol. The Hall–Kier alpha value is -3.49. The van der Waals surface area contributed by atoms with Crippen LogP contribution in [0.25, 0.3) is 5.69 Å². The summed E-state index contributed by atoms with van der Waals surface area (Å²) in [5.41, 5.74) is 0.527. The lowest BCUT2D eigenvalue weighted by molar-refractivity contribution is 0.0944. The van der Waals surface area contributed by atoms with E-state index in [1.54, 1.807) is 0 Å². The number of nitrogens with one attached hydrogen (secondary N) is 2. The van der Waals surface area contributed by atoms with Crippen LogP contribution >= 0.6 is 0 Å². The Labute approximate surface area is 136 Å². The van der Waals surface area contributed by atoms with Gasteiger partial charge >= 0.3 is 0 Å². The molecule has 0 aliphatic carbocycles. The average molecular weight is 326 g/mol. The number of pyridine rings is 1. The molecule has 0 aliphatic rings. The molecule has 0 aliphatic heterocycles. The third-order valence-corrected chi connectivity index (χ3v) is 3.28. The molecule has 0 radical (unpaired) electrons. The molecule has 0 saturated carbocycles. The van der Waals surface area contributed by atoms with Gasteiger partial charge in [-0.1, -0.05) is 18.2 Å². The van der Waals surface area contributed by atoms with E-state index in [2.05, 4.69) is 25.8 Å². The van der Waals surface area contributed by atoms with E-state index >= 15 is 0 Å². The van der Waals surface area contributed by atoms with Crippen molar-refractivity contribution in [1.29, 1.82) is 0 Å². The smallest absolute Gasteiger partial charge is 0.268 e. The largest absolute Gasteiger partial charge is 0.491 e. The van der Waals surface area contributed by atoms with Gasteiger partial charge in [-0.3, -0.25) is 9.59 Å². The van der Waals surface area contributed by atoms with Crippen molar-refractivity contribution in [3.05, 3.63) is 64.3 Å². The molecular formula is C15H14N6O3. The second kappa shape index (κ2) is 6.73. The summed E-state index contributed by atoms with van der Waals surface area (Å²) in [7, 11) is 1.38. The number of methoxy groups -OCH3 is 1. The number of tetrazole rings is 1. The second-order valence-electron chi connectivity index (χ2n) is 4.80. The zero-order valence-electron chi connectivity index (χ0n) is 12.8. The van der Waals surface area contributed by atoms with Crippen molar-refractivity contribution in [2.75, 3.05) is 7.11 Å². The maximum Gasteiger partial charge on any atom is 0.268 e. The monoisotopic (exact) mass is 326 g/mol. The summed E-state index contributed by atoms with van der Waals surface area (Å²) in [6.07, 6.45) is 1.34. The van der Waals surface area contributed by atoms with Gasteiger partial charge in [0.2, 0.25) is 5.43 Å². The minimum Gasteiger partial charge on any atom is -0.491 e. The van der Waals surface area contributed by atoms with Crippen LogP contribution in [0.15, 0.2) is 47.4 Å². The Kier molecular flexibility index (Phi) is 4.32. The number of carbonyl (C=O) groups is 1. The van der Waals surface area contributed by atoms with Gasteiger partial charge in [0.1, 0.15) is 5.69 Å². The topological polar surface area (TPSA) is 115 Å². The van der Waals surface area contributed by atoms with Gasteiger partial charge in [-0.15, -0.1) is 5.10 Å². The van der Waals surface area contributed by atoms with Gasteiger partial charge in [-0.25, -0.2) is 0 Å². The molecule has 9 heteroatoms. The van der Waals surface area contributed by atoms with Crippen LogP contribution in [0.1, 0.15) is 16.3 Å². The maximum atomic E-state index is 12.1. The van der Waals surface area contributed by atoms with Gasteiger partial charge in [0.25, 0.3) is 5.91 Å². The molecule has 0 unspecified atom stereocenters. The van der Waals surface area contributed by atoms with Gasteiger partial charge in [0.05, 0.1) is 19.3 Å². The molecule has 1 aromatic carbocycles. The summed E-state index contributed by atoms with van der Waals surface area (Å²) < 4.78 is 6.38. The van der Waals surface area contributed by atoms with Crippen LogP contribution in [-0.4, -0.2) is 38.2 Å². The van der Waals surface area contributed by atoms with E-state index in [4.69, 9.17) is 4.74 Å². The number of hydrogen-bond acceptors (Lipinski definition) is 6. The molecule has 0 spiro atoms. The Bertz CT molecular complexity index is 903. The molecule has 122 valence electrons. The van der Waals surface area contributed by atoms with Crippen molar-refractivity contribution >= 4 is 5.91 Å². The van der Waals surface area contributed by atoms with Crippen LogP contribution in [0.4, 0.5) is 0 Å². The highest BCUT2D eigenvalue weighted by atomic mass is 16.5. The number of aromatic amines is 1. The quantitative estimate of drug-likeness (QED) is 0.696. The highest BCUT2D eigenvalue weighted by Crippen LogP contribution is 2.07. The molecule has 3 rings (SSSR count). The Morgan fingerprint density at radius 2 is 2.12 bits per heavy atom. The lowest BCUT2D eigenvalue weighted by atomic mass is 10.3. The highest BCUT2D eigenvalue weighted by molar-refractivity contribution is 5.92. The standard InChI is InChI=1S/C15H14N6O3/c1-24-13-8-16-11(7-12(13)22)15(23)17-9-14-18-19-20-21(14)10-5-3-2-4-6-10/h2-8H,9H2,1H3,(H,16,22)(H,17,23). The second-order valence-corrected chi connectivity index (χ2v) is 4.80. The van der Waals surface area contributed by atoms with Gasteiger partial charge in [0, 0.05) is 12.3 Å². The van der Waals surface area contributed by atoms with E-state index in [0.717, 1.165) is 5.69 Å². The van der Waals surface area contributed by atoms with Crippen LogP contribution in [0.3, 0.4) is 0 Å². The van der Waals surface area contributed by atoms with Gasteiger partial charge in [-0.05, 0) is 22.6 Å². The number of hydrogen-bond donors (Lipinski definition) is 2. The average Bonchev–Trinajstić information content (AvgIpc) is 3.09. The predicted octanol–water partition coefficient (Wildman–Crippen LogP) is 0.289. The molecule has 0 bridgehead atoms. The van der Waals surface area contributed by atoms with Crippen LogP contribution in [0, 0.1) is 0 Å². The molecule has 24 heavy (non-hydrogen) atoms. The van der Waals surface area contributed by atoms with Gasteiger partial charge in [0.15, 0.2) is 11.6 Å². The van der Waals surface area contributed by atoms with Crippen LogP contribution in [-0.2, 0) is 6.54 Å². The van der Waals surface area contributed by atoms with Gasteiger partial charge < -0.3 is 15.0 Å². The van der Waals surface area contributed by atoms with Crippen molar-refractivity contribution < 1.29 is 9.53 Å². The number of rotatable bonds is 5. The Morgan fingerprint density at radius 3 is 2.83 bits per heavy atom. The van der Waals surface area contributed by atoms with E-state index in [1.165, 1.54) is 24.1 Å². The molecule has 0 fully saturated rings. The highest BCUT2D eigenvalue weighted by Gasteiger charge is 2.12. The summed E-state index contributed by atoms with van der Waals surface area (Å²) in [5.74, 6) is 0.155. The third kappa shape index (κ3) is 3.14. The first-order valence-electron chi connectivity index (χ1n) is 7.06. The van der Waals surface area contributed by atoms with Crippen LogP contribution < -0.4 is 15.5 Å². The zero-order valence-corrected chi connectivity index (χ0v) is 12.8. The summed E-state index contributed by atoms with van der Waals surface area (Å²) in [5, 5.41) is 14.1. The number of carbonyl (C=O) groups excluding carboxylic acids is 1. The normalized spacial score (nSPS) is 10.4. The van der Waals surface area contributed by atoms with E-state index in [9.17, 15) is 9.59 Å². The number of aromatic nitrogens is 5. The van der Waals surface area contributed by atoms with Crippen LogP contribution in [0.5, 0.6) is 5.75 Å². The van der Waals surface area contributed by atoms with Crippen molar-refractivity contribution in [2.24, 2.45) is 0 Å². The molecule has 2 heterocycles. The first-order valence-corrected chi connectivity index (χ1v) is 7.06. The number of ether oxygens (including phenoxy) is 1.